The highest BCUT2D eigenvalue weighted by Crippen LogP contribution is 2.36. The van der Waals surface area contributed by atoms with E-state index >= 15 is 0 Å². The van der Waals surface area contributed by atoms with Crippen LogP contribution in [-0.4, -0.2) is 34.5 Å². The van der Waals surface area contributed by atoms with E-state index in [1.54, 1.807) is 0 Å². The van der Waals surface area contributed by atoms with Crippen molar-refractivity contribution in [1.29, 1.82) is 0 Å². The maximum absolute atomic E-state index is 10.7. The maximum Gasteiger partial charge on any atom is 0.335 e. The first kappa shape index (κ1) is 7.06. The summed E-state index contributed by atoms with van der Waals surface area (Å²) in [6.45, 7) is 0. The van der Waals surface area contributed by atoms with Crippen molar-refractivity contribution >= 4 is 5.97 Å². The highest BCUT2D eigenvalue weighted by Gasteiger charge is 2.49. The topological polar surface area (TPSA) is 66.8 Å². The van der Waals surface area contributed by atoms with Gasteiger partial charge in [-0.05, 0) is 6.42 Å². The molecular formula is C7H10O4. The average molecular weight is 158 g/mol. The van der Waals surface area contributed by atoms with Gasteiger partial charge in [0.2, 0.25) is 0 Å². The molecular weight excluding hydrogens is 148 g/mol. The van der Waals surface area contributed by atoms with Gasteiger partial charge in [-0.1, -0.05) is 0 Å². The summed E-state index contributed by atoms with van der Waals surface area (Å²) < 4.78 is 4.82. The van der Waals surface area contributed by atoms with Crippen LogP contribution in [0, 0.1) is 5.92 Å². The SMILES string of the molecule is O=C1O[C@H]2C[C@@H](O)C[C@H]2[C@H]1O. The van der Waals surface area contributed by atoms with Gasteiger partial charge in [-0.15, -0.1) is 0 Å². The fourth-order valence-corrected chi connectivity index (χ4v) is 1.87. The Bertz CT molecular complexity index is 191. The molecule has 0 aromatic carbocycles. The largest absolute Gasteiger partial charge is 0.460 e. The minimum Gasteiger partial charge on any atom is -0.460 e. The predicted molar refractivity (Wildman–Crippen MR) is 34.6 cm³/mol. The van der Waals surface area contributed by atoms with E-state index in [9.17, 15) is 9.90 Å². The van der Waals surface area contributed by atoms with E-state index in [2.05, 4.69) is 0 Å². The Balaban J connectivity index is 2.13. The van der Waals surface area contributed by atoms with Gasteiger partial charge in [-0.25, -0.2) is 4.79 Å². The molecule has 2 N–H and O–H groups in total. The van der Waals surface area contributed by atoms with Crippen molar-refractivity contribution in [3.05, 3.63) is 0 Å². The van der Waals surface area contributed by atoms with Gasteiger partial charge < -0.3 is 14.9 Å². The van der Waals surface area contributed by atoms with E-state index in [4.69, 9.17) is 9.84 Å². The smallest absolute Gasteiger partial charge is 0.335 e. The zero-order chi connectivity index (χ0) is 8.01. The molecule has 0 bridgehead atoms. The van der Waals surface area contributed by atoms with E-state index in [-0.39, 0.29) is 12.0 Å². The van der Waals surface area contributed by atoms with E-state index < -0.39 is 18.2 Å². The van der Waals surface area contributed by atoms with Crippen molar-refractivity contribution < 1.29 is 19.7 Å². The van der Waals surface area contributed by atoms with Crippen LogP contribution >= 0.6 is 0 Å². The van der Waals surface area contributed by atoms with E-state index in [1.807, 2.05) is 0 Å². The molecule has 2 rings (SSSR count). The molecule has 1 saturated carbocycles. The number of esters is 1. The van der Waals surface area contributed by atoms with Gasteiger partial charge in [-0.3, -0.25) is 0 Å². The van der Waals surface area contributed by atoms with E-state index in [1.165, 1.54) is 0 Å². The molecule has 0 radical (unpaired) electrons. The third-order valence-electron chi connectivity index (χ3n) is 2.44. The molecule has 4 nitrogen and oxygen atoms in total. The lowest BCUT2D eigenvalue weighted by Crippen LogP contribution is -2.22. The summed E-state index contributed by atoms with van der Waals surface area (Å²) in [5.41, 5.74) is 0. The summed E-state index contributed by atoms with van der Waals surface area (Å²) in [5.74, 6) is -0.704. The molecule has 1 saturated heterocycles. The zero-order valence-electron chi connectivity index (χ0n) is 5.93. The number of ether oxygens (including phenoxy) is 1. The van der Waals surface area contributed by atoms with E-state index in [0.717, 1.165) is 0 Å². The Morgan fingerprint density at radius 1 is 1.36 bits per heavy atom. The number of aliphatic hydroxyl groups is 2. The normalized spacial score (nSPS) is 49.1. The number of carbonyl (C=O) groups excluding carboxylic acids is 1. The molecule has 4 atom stereocenters. The molecule has 62 valence electrons. The Morgan fingerprint density at radius 3 is 2.73 bits per heavy atom. The van der Waals surface area contributed by atoms with Crippen molar-refractivity contribution in [2.75, 3.05) is 0 Å². The highest BCUT2D eigenvalue weighted by molar-refractivity contribution is 5.77. The van der Waals surface area contributed by atoms with Crippen LogP contribution in [0.3, 0.4) is 0 Å². The summed E-state index contributed by atoms with van der Waals surface area (Å²) in [6, 6.07) is 0. The van der Waals surface area contributed by atoms with Crippen LogP contribution in [0.5, 0.6) is 0 Å². The first-order valence-corrected chi connectivity index (χ1v) is 3.75. The van der Waals surface area contributed by atoms with Crippen LogP contribution in [0.4, 0.5) is 0 Å². The lowest BCUT2D eigenvalue weighted by molar-refractivity contribution is -0.148. The van der Waals surface area contributed by atoms with Gasteiger partial charge in [0.1, 0.15) is 6.10 Å². The van der Waals surface area contributed by atoms with Crippen molar-refractivity contribution in [3.8, 4) is 0 Å². The molecule has 1 aliphatic carbocycles. The first-order valence-electron chi connectivity index (χ1n) is 3.75. The molecule has 2 aliphatic rings. The Morgan fingerprint density at radius 2 is 2.09 bits per heavy atom. The highest BCUT2D eigenvalue weighted by atomic mass is 16.6. The monoisotopic (exact) mass is 158 g/mol. The van der Waals surface area contributed by atoms with E-state index in [0.29, 0.717) is 12.8 Å². The molecule has 4 heteroatoms. The minimum absolute atomic E-state index is 0.169. The second kappa shape index (κ2) is 2.19. The number of carbonyl (C=O) groups is 1. The quantitative estimate of drug-likeness (QED) is 0.446. The molecule has 0 unspecified atom stereocenters. The van der Waals surface area contributed by atoms with Crippen LogP contribution in [0.25, 0.3) is 0 Å². The Labute approximate surface area is 63.8 Å². The summed E-state index contributed by atoms with van der Waals surface area (Å²) in [7, 11) is 0. The van der Waals surface area contributed by atoms with Gasteiger partial charge in [0.15, 0.2) is 6.10 Å². The van der Waals surface area contributed by atoms with Crippen LogP contribution in [0.1, 0.15) is 12.8 Å². The molecule has 2 fully saturated rings. The van der Waals surface area contributed by atoms with Crippen LogP contribution in [-0.2, 0) is 9.53 Å². The second-order valence-corrected chi connectivity index (χ2v) is 3.21. The molecule has 0 amide bonds. The number of rotatable bonds is 0. The van der Waals surface area contributed by atoms with Crippen LogP contribution in [0.2, 0.25) is 0 Å². The van der Waals surface area contributed by atoms with Gasteiger partial charge in [-0.2, -0.15) is 0 Å². The third-order valence-corrected chi connectivity index (χ3v) is 2.44. The molecule has 1 heterocycles. The van der Waals surface area contributed by atoms with Crippen molar-refractivity contribution in [2.45, 2.75) is 31.2 Å². The molecule has 1 aliphatic heterocycles. The summed E-state index contributed by atoms with van der Waals surface area (Å²) in [5, 5.41) is 18.3. The summed E-state index contributed by atoms with van der Waals surface area (Å²) >= 11 is 0. The fourth-order valence-electron chi connectivity index (χ4n) is 1.87. The molecule has 11 heavy (non-hydrogen) atoms. The van der Waals surface area contributed by atoms with Crippen LogP contribution in [0.15, 0.2) is 0 Å². The lowest BCUT2D eigenvalue weighted by Gasteiger charge is -2.05. The molecule has 0 aromatic heterocycles. The van der Waals surface area contributed by atoms with Gasteiger partial charge in [0.25, 0.3) is 0 Å². The number of aliphatic hydroxyl groups excluding tert-OH is 2. The number of hydrogen-bond acceptors (Lipinski definition) is 4. The van der Waals surface area contributed by atoms with Crippen LogP contribution < -0.4 is 0 Å². The fraction of sp³-hybridized carbons (Fsp3) is 0.857. The number of fused-ring (bicyclic) bond motifs is 1. The summed E-state index contributed by atoms with van der Waals surface area (Å²) in [6.07, 6.45) is -0.692. The zero-order valence-corrected chi connectivity index (χ0v) is 5.93. The Kier molecular flexibility index (Phi) is 1.40. The number of hydrogen-bond donors (Lipinski definition) is 2. The second-order valence-electron chi connectivity index (χ2n) is 3.21. The predicted octanol–water partition coefficient (Wildman–Crippen LogP) is -0.956. The van der Waals surface area contributed by atoms with Crippen molar-refractivity contribution in [1.82, 2.24) is 0 Å². The minimum atomic E-state index is -1.00. The summed E-state index contributed by atoms with van der Waals surface area (Å²) in [4.78, 5) is 10.7. The first-order chi connectivity index (χ1) is 5.18. The van der Waals surface area contributed by atoms with Gasteiger partial charge in [0.05, 0.1) is 6.10 Å². The van der Waals surface area contributed by atoms with Gasteiger partial charge >= 0.3 is 5.97 Å². The van der Waals surface area contributed by atoms with Gasteiger partial charge in [0, 0.05) is 12.3 Å². The molecule has 0 spiro atoms. The molecule has 0 aromatic rings. The lowest BCUT2D eigenvalue weighted by atomic mass is 10.0. The third kappa shape index (κ3) is 0.937. The van der Waals surface area contributed by atoms with Crippen molar-refractivity contribution in [2.24, 2.45) is 5.92 Å². The standard InChI is InChI=1S/C7H10O4/c8-3-1-4-5(2-3)11-7(10)6(4)9/h3-6,8-9H,1-2H2/t3-,4+,5-,6+/m0/s1. The average Bonchev–Trinajstić information content (AvgIpc) is 2.37. The maximum atomic E-state index is 10.7. The Hall–Kier alpha value is -0.610. The van der Waals surface area contributed by atoms with Crippen molar-refractivity contribution in [3.63, 3.8) is 0 Å².